The minimum atomic E-state index is -0.00230. The highest BCUT2D eigenvalue weighted by molar-refractivity contribution is 5.95. The van der Waals surface area contributed by atoms with Crippen LogP contribution in [0.25, 0.3) is 74.7 Å². The van der Waals surface area contributed by atoms with Gasteiger partial charge in [0.25, 0.3) is 0 Å². The number of hydrogen-bond acceptors (Lipinski definition) is 3. The second kappa shape index (κ2) is 11.3. The smallest absolute Gasteiger partial charge is 0.0815 e. The highest BCUT2D eigenvalue weighted by Gasteiger charge is 2.16. The van der Waals surface area contributed by atoms with E-state index < -0.39 is 0 Å². The molecule has 7 rings (SSSR count). The Morgan fingerprint density at radius 2 is 1.14 bits per heavy atom. The molecule has 0 aliphatic carbocycles. The Morgan fingerprint density at radius 3 is 1.74 bits per heavy atom. The Morgan fingerprint density at radius 1 is 0.628 bits per heavy atom. The van der Waals surface area contributed by atoms with E-state index >= 15 is 0 Å². The number of fused-ring (bicyclic) bond motifs is 8. The maximum Gasteiger partial charge on any atom is 0.0815 e. The van der Waals surface area contributed by atoms with Gasteiger partial charge in [0.1, 0.15) is 0 Å². The maximum absolute atomic E-state index is 9.44. The van der Waals surface area contributed by atoms with Crippen molar-refractivity contribution in [2.45, 2.75) is 6.42 Å². The van der Waals surface area contributed by atoms with E-state index in [4.69, 9.17) is 9.97 Å². The number of H-pyrrole nitrogens is 2. The van der Waals surface area contributed by atoms with Crippen molar-refractivity contribution in [2.24, 2.45) is 0 Å². The van der Waals surface area contributed by atoms with Gasteiger partial charge in [-0.05, 0) is 59.7 Å². The summed E-state index contributed by atoms with van der Waals surface area (Å²) in [4.78, 5) is 17.5. The number of aliphatic hydroxyl groups is 1. The van der Waals surface area contributed by atoms with Gasteiger partial charge in [0, 0.05) is 39.7 Å². The van der Waals surface area contributed by atoms with E-state index in [2.05, 4.69) is 76.9 Å². The van der Waals surface area contributed by atoms with Gasteiger partial charge in [-0.2, -0.15) is 0 Å². The summed E-state index contributed by atoms with van der Waals surface area (Å²) in [7, 11) is 0. The predicted molar refractivity (Wildman–Crippen MR) is 178 cm³/mol. The van der Waals surface area contributed by atoms with Gasteiger partial charge in [-0.15, -0.1) is 0 Å². The molecule has 2 aliphatic heterocycles. The highest BCUT2D eigenvalue weighted by Crippen LogP contribution is 2.34. The predicted octanol–water partition coefficient (Wildman–Crippen LogP) is 8.37. The van der Waals surface area contributed by atoms with Crippen LogP contribution >= 0.6 is 0 Å². The van der Waals surface area contributed by atoms with E-state index in [1.165, 1.54) is 0 Å². The Bertz CT molecular complexity index is 2120. The molecule has 5 heteroatoms. The summed E-state index contributed by atoms with van der Waals surface area (Å²) in [6.07, 6.45) is 10.4. The monoisotopic (exact) mass is 556 g/mol. The zero-order chi connectivity index (χ0) is 29.2. The fourth-order valence-electron chi connectivity index (χ4n) is 5.60. The lowest BCUT2D eigenvalue weighted by Gasteiger charge is -2.04. The van der Waals surface area contributed by atoms with E-state index in [9.17, 15) is 5.11 Å². The van der Waals surface area contributed by atoms with Crippen LogP contribution in [0.15, 0.2) is 91.5 Å². The molecule has 5 heterocycles. The molecule has 0 saturated carbocycles. The molecule has 5 nitrogen and oxygen atoms in total. The van der Waals surface area contributed by atoms with Crippen LogP contribution in [0.1, 0.15) is 40.3 Å². The Balaban J connectivity index is 1.66. The Hall–Kier alpha value is -5.70. The summed E-state index contributed by atoms with van der Waals surface area (Å²) in [5.41, 5.74) is 12.7. The van der Waals surface area contributed by atoms with Gasteiger partial charge in [-0.1, -0.05) is 85.2 Å². The minimum absolute atomic E-state index is 0.00230. The average Bonchev–Trinajstić information content (AvgIpc) is 3.87. The minimum Gasteiger partial charge on any atom is -0.395 e. The third kappa shape index (κ3) is 4.91. The number of aromatic amines is 2. The van der Waals surface area contributed by atoms with E-state index in [1.807, 2.05) is 66.8 Å². The van der Waals surface area contributed by atoms with Gasteiger partial charge in [-0.3, -0.25) is 0 Å². The largest absolute Gasteiger partial charge is 0.395 e. The number of benzene rings is 2. The molecule has 206 valence electrons. The number of aliphatic hydroxyl groups excluding tert-OH is 1. The zero-order valence-corrected chi connectivity index (χ0v) is 23.4. The molecule has 0 unspecified atom stereocenters. The Kier molecular flexibility index (Phi) is 6.88. The van der Waals surface area contributed by atoms with Crippen molar-refractivity contribution in [3.05, 3.63) is 125 Å². The lowest BCUT2D eigenvalue weighted by atomic mass is 10.0. The lowest BCUT2D eigenvalue weighted by molar-refractivity contribution is 0.305. The van der Waals surface area contributed by atoms with Crippen molar-refractivity contribution in [3.63, 3.8) is 0 Å². The van der Waals surface area contributed by atoms with E-state index in [-0.39, 0.29) is 6.61 Å². The second-order valence-electron chi connectivity index (χ2n) is 10.3. The van der Waals surface area contributed by atoms with Gasteiger partial charge >= 0.3 is 0 Å². The molecule has 3 aromatic heterocycles. The quantitative estimate of drug-likeness (QED) is 0.191. The van der Waals surface area contributed by atoms with Crippen LogP contribution in [0.3, 0.4) is 0 Å². The summed E-state index contributed by atoms with van der Waals surface area (Å²) < 4.78 is 0. The number of hydrogen-bond donors (Lipinski definition) is 3. The molecular weight excluding hydrogens is 528 g/mol. The molecule has 43 heavy (non-hydrogen) atoms. The molecule has 3 N–H and O–H groups in total. The van der Waals surface area contributed by atoms with Crippen molar-refractivity contribution in [1.29, 1.82) is 0 Å². The molecule has 0 amide bonds. The second-order valence-corrected chi connectivity index (χ2v) is 10.3. The molecule has 2 aliphatic rings. The van der Waals surface area contributed by atoms with E-state index in [0.717, 1.165) is 78.2 Å². The molecule has 0 radical (unpaired) electrons. The summed E-state index contributed by atoms with van der Waals surface area (Å²) in [5, 5.41) is 9.44. The molecule has 0 saturated heterocycles. The first-order chi connectivity index (χ1) is 21.2. The van der Waals surface area contributed by atoms with Crippen molar-refractivity contribution in [2.75, 3.05) is 6.61 Å². The maximum atomic E-state index is 9.44. The fraction of sp³-hybridized carbons (Fsp3) is 0.0526. The molecule has 2 aromatic carbocycles. The number of aromatic nitrogens is 4. The number of nitrogens with zero attached hydrogens (tertiary/aromatic N) is 2. The summed E-state index contributed by atoms with van der Waals surface area (Å²) >= 11 is 0. The SMILES string of the molecule is C=Cc1c2nc(c(-c3ccccc3)c3ccc([nH]3)c(C#CCCO)c3nc(c(-c4ccccc4)c4ccc1[nH]4)C=C3)C=C2. The van der Waals surface area contributed by atoms with Gasteiger partial charge in [0.15, 0.2) is 0 Å². The standard InChI is InChI=1S/C38H28N4O/c1-2-27-29-16-20-33(39-29)37(25-11-5-3-6-12-25)35-22-18-31(41-35)28(15-9-10-24-43)32-19-23-36(42-32)38(26-13-7-4-8-14-26)34-21-17-30(27)40-34/h2-8,11-14,16-23,39,42-43H,1,10,24H2. The van der Waals surface area contributed by atoms with Crippen LogP contribution in [0, 0.1) is 11.8 Å². The summed E-state index contributed by atoms with van der Waals surface area (Å²) in [6.45, 7) is 4.13. The van der Waals surface area contributed by atoms with Crippen molar-refractivity contribution < 1.29 is 5.11 Å². The zero-order valence-electron chi connectivity index (χ0n) is 23.4. The fourth-order valence-corrected chi connectivity index (χ4v) is 5.60. The van der Waals surface area contributed by atoms with Crippen LogP contribution in [0.5, 0.6) is 0 Å². The van der Waals surface area contributed by atoms with E-state index in [1.54, 1.807) is 0 Å². The molecule has 5 aromatic rings. The third-order valence-corrected chi connectivity index (χ3v) is 7.57. The summed E-state index contributed by atoms with van der Waals surface area (Å²) in [5.74, 6) is 6.41. The molecule has 0 atom stereocenters. The Labute approximate surface area is 249 Å². The first kappa shape index (κ1) is 26.2. The van der Waals surface area contributed by atoms with Crippen LogP contribution in [-0.2, 0) is 0 Å². The van der Waals surface area contributed by atoms with Gasteiger partial charge in [-0.25, -0.2) is 9.97 Å². The lowest BCUT2D eigenvalue weighted by Crippen LogP contribution is -1.89. The van der Waals surface area contributed by atoms with Crippen LogP contribution in [0.2, 0.25) is 0 Å². The summed E-state index contributed by atoms with van der Waals surface area (Å²) in [6, 6.07) is 28.8. The van der Waals surface area contributed by atoms with Crippen molar-refractivity contribution in [1.82, 2.24) is 19.9 Å². The van der Waals surface area contributed by atoms with Crippen LogP contribution in [0.4, 0.5) is 0 Å². The molecule has 0 spiro atoms. The number of nitrogens with one attached hydrogen (secondary N) is 2. The average molecular weight is 557 g/mol. The van der Waals surface area contributed by atoms with Gasteiger partial charge in [0.05, 0.1) is 40.5 Å². The van der Waals surface area contributed by atoms with Crippen molar-refractivity contribution in [3.8, 4) is 34.1 Å². The van der Waals surface area contributed by atoms with Crippen molar-refractivity contribution >= 4 is 52.4 Å². The highest BCUT2D eigenvalue weighted by atomic mass is 16.2. The first-order valence-electron chi connectivity index (χ1n) is 14.2. The molecule has 8 bridgehead atoms. The molecule has 0 fully saturated rings. The topological polar surface area (TPSA) is 77.6 Å². The van der Waals surface area contributed by atoms with Gasteiger partial charge in [0.2, 0.25) is 0 Å². The number of rotatable bonds is 4. The molecular formula is C38H28N4O. The normalized spacial score (nSPS) is 11.7. The first-order valence-corrected chi connectivity index (χ1v) is 14.2. The third-order valence-electron chi connectivity index (χ3n) is 7.57. The van der Waals surface area contributed by atoms with E-state index in [0.29, 0.717) is 6.42 Å². The van der Waals surface area contributed by atoms with Gasteiger partial charge < -0.3 is 15.1 Å². The van der Waals surface area contributed by atoms with Crippen LogP contribution < -0.4 is 0 Å². The van der Waals surface area contributed by atoms with Crippen LogP contribution in [-0.4, -0.2) is 31.6 Å².